The molecule has 1 aromatic heterocycles. The molecule has 26 heavy (non-hydrogen) atoms. The van der Waals surface area contributed by atoms with Gasteiger partial charge in [0, 0.05) is 25.8 Å². The molecule has 1 N–H and O–H groups in total. The number of nitrogens with one attached hydrogen (secondary N) is 1. The maximum absolute atomic E-state index is 12.1. The van der Waals surface area contributed by atoms with E-state index in [1.807, 2.05) is 48.5 Å². The van der Waals surface area contributed by atoms with E-state index in [0.29, 0.717) is 29.2 Å². The van der Waals surface area contributed by atoms with E-state index in [1.165, 1.54) is 0 Å². The average Bonchev–Trinajstić information content (AvgIpc) is 2.60. The molecular weight excluding hydrogens is 460 g/mol. The van der Waals surface area contributed by atoms with Crippen LogP contribution in [0.15, 0.2) is 62.3 Å². The number of aryl methyl sites for hydroxylation is 1. The quantitative estimate of drug-likeness (QED) is 0.557. The minimum Gasteiger partial charge on any atom is -0.488 e. The second-order valence-corrected chi connectivity index (χ2v) is 7.57. The van der Waals surface area contributed by atoms with E-state index in [-0.39, 0.29) is 5.56 Å². The van der Waals surface area contributed by atoms with Crippen molar-refractivity contribution in [1.29, 1.82) is 5.26 Å². The Balaban J connectivity index is 2.05. The highest BCUT2D eigenvalue weighted by Gasteiger charge is 2.15. The van der Waals surface area contributed by atoms with Crippen LogP contribution in [0.4, 0.5) is 0 Å². The first kappa shape index (κ1) is 18.4. The van der Waals surface area contributed by atoms with Crippen molar-refractivity contribution < 1.29 is 4.74 Å². The number of benzene rings is 2. The number of nitriles is 1. The highest BCUT2D eigenvalue weighted by atomic mass is 79.9. The van der Waals surface area contributed by atoms with Crippen molar-refractivity contribution in [3.63, 3.8) is 0 Å². The van der Waals surface area contributed by atoms with Crippen molar-refractivity contribution in [3.05, 3.63) is 84.7 Å². The highest BCUT2D eigenvalue weighted by molar-refractivity contribution is 9.10. The molecule has 0 radical (unpaired) electrons. The van der Waals surface area contributed by atoms with Crippen molar-refractivity contribution in [2.75, 3.05) is 0 Å². The Morgan fingerprint density at radius 2 is 1.85 bits per heavy atom. The van der Waals surface area contributed by atoms with Gasteiger partial charge in [0.2, 0.25) is 0 Å². The van der Waals surface area contributed by atoms with Gasteiger partial charge in [-0.3, -0.25) is 4.79 Å². The summed E-state index contributed by atoms with van der Waals surface area (Å²) < 4.78 is 7.82. The molecule has 130 valence electrons. The third-order valence-electron chi connectivity index (χ3n) is 3.79. The summed E-state index contributed by atoms with van der Waals surface area (Å²) in [6.45, 7) is 2.16. The van der Waals surface area contributed by atoms with Gasteiger partial charge in [0.15, 0.2) is 0 Å². The summed E-state index contributed by atoms with van der Waals surface area (Å²) in [6.07, 6.45) is 0. The summed E-state index contributed by atoms with van der Waals surface area (Å²) in [5.41, 5.74) is 2.61. The lowest BCUT2D eigenvalue weighted by atomic mass is 10.00. The van der Waals surface area contributed by atoms with Gasteiger partial charge in [-0.05, 0) is 48.9 Å². The molecule has 0 saturated carbocycles. The molecule has 2 aromatic carbocycles. The Bertz CT molecular complexity index is 1070. The zero-order valence-electron chi connectivity index (χ0n) is 13.8. The number of halogens is 2. The smallest absolute Gasteiger partial charge is 0.266 e. The van der Waals surface area contributed by atoms with E-state index in [0.717, 1.165) is 14.5 Å². The standard InChI is InChI=1S/C20H14Br2N2O2/c1-12-7-16(18(10-23)20(25)24-12)17-9-15(22)5-6-19(17)26-11-13-3-2-4-14(21)8-13/h2-9H,11H2,1H3,(H,24,25). The number of hydrogen-bond acceptors (Lipinski definition) is 3. The van der Waals surface area contributed by atoms with Gasteiger partial charge >= 0.3 is 0 Å². The van der Waals surface area contributed by atoms with Crippen LogP contribution in [0.25, 0.3) is 11.1 Å². The molecule has 1 heterocycles. The molecule has 0 unspecified atom stereocenters. The number of aromatic amines is 1. The summed E-state index contributed by atoms with van der Waals surface area (Å²) in [4.78, 5) is 14.8. The first-order chi connectivity index (χ1) is 12.5. The van der Waals surface area contributed by atoms with Crippen molar-refractivity contribution in [1.82, 2.24) is 4.98 Å². The van der Waals surface area contributed by atoms with Crippen molar-refractivity contribution >= 4 is 31.9 Å². The van der Waals surface area contributed by atoms with Gasteiger partial charge in [0.25, 0.3) is 5.56 Å². The fourth-order valence-corrected chi connectivity index (χ4v) is 3.45. The average molecular weight is 474 g/mol. The predicted molar refractivity (Wildman–Crippen MR) is 108 cm³/mol. The molecule has 0 fully saturated rings. The maximum atomic E-state index is 12.1. The minimum atomic E-state index is -0.402. The SMILES string of the molecule is Cc1cc(-c2cc(Br)ccc2OCc2cccc(Br)c2)c(C#N)c(=O)[nH]1. The molecular formula is C20H14Br2N2O2. The van der Waals surface area contributed by atoms with E-state index < -0.39 is 5.56 Å². The van der Waals surface area contributed by atoms with Crippen LogP contribution in [0, 0.1) is 18.3 Å². The largest absolute Gasteiger partial charge is 0.488 e. The van der Waals surface area contributed by atoms with Gasteiger partial charge in [0.05, 0.1) is 0 Å². The van der Waals surface area contributed by atoms with Gasteiger partial charge < -0.3 is 9.72 Å². The summed E-state index contributed by atoms with van der Waals surface area (Å²) in [5, 5.41) is 9.42. The fraction of sp³-hybridized carbons (Fsp3) is 0.100. The summed E-state index contributed by atoms with van der Waals surface area (Å²) in [7, 11) is 0. The molecule has 0 saturated heterocycles. The third kappa shape index (κ3) is 4.06. The van der Waals surface area contributed by atoms with Gasteiger partial charge in [-0.25, -0.2) is 0 Å². The van der Waals surface area contributed by atoms with Crippen molar-refractivity contribution in [2.24, 2.45) is 0 Å². The molecule has 4 nitrogen and oxygen atoms in total. The molecule has 0 bridgehead atoms. The van der Waals surface area contributed by atoms with E-state index in [1.54, 1.807) is 13.0 Å². The number of ether oxygens (including phenoxy) is 1. The molecule has 0 aliphatic heterocycles. The van der Waals surface area contributed by atoms with E-state index in [2.05, 4.69) is 36.8 Å². The number of pyridine rings is 1. The lowest BCUT2D eigenvalue weighted by Gasteiger charge is -2.14. The summed E-state index contributed by atoms with van der Waals surface area (Å²) >= 11 is 6.90. The summed E-state index contributed by atoms with van der Waals surface area (Å²) in [5.74, 6) is 0.606. The molecule has 0 spiro atoms. The Hall–Kier alpha value is -2.36. The van der Waals surface area contributed by atoms with Crippen LogP contribution in [-0.2, 0) is 6.61 Å². The molecule has 0 aliphatic rings. The number of aromatic nitrogens is 1. The molecule has 0 atom stereocenters. The topological polar surface area (TPSA) is 65.9 Å². The second-order valence-electron chi connectivity index (χ2n) is 5.74. The molecule has 3 aromatic rings. The van der Waals surface area contributed by atoms with Crippen molar-refractivity contribution in [2.45, 2.75) is 13.5 Å². The van der Waals surface area contributed by atoms with Crippen LogP contribution in [0.2, 0.25) is 0 Å². The van der Waals surface area contributed by atoms with Crippen LogP contribution >= 0.6 is 31.9 Å². The van der Waals surface area contributed by atoms with E-state index in [9.17, 15) is 10.1 Å². The van der Waals surface area contributed by atoms with E-state index >= 15 is 0 Å². The number of rotatable bonds is 4. The number of nitrogens with zero attached hydrogens (tertiary/aromatic N) is 1. The van der Waals surface area contributed by atoms with Crippen LogP contribution in [0.3, 0.4) is 0 Å². The normalized spacial score (nSPS) is 10.4. The first-order valence-corrected chi connectivity index (χ1v) is 9.37. The lowest BCUT2D eigenvalue weighted by molar-refractivity contribution is 0.307. The van der Waals surface area contributed by atoms with Crippen LogP contribution in [0.1, 0.15) is 16.8 Å². The minimum absolute atomic E-state index is 0.0704. The van der Waals surface area contributed by atoms with Gasteiger partial charge in [-0.2, -0.15) is 5.26 Å². The first-order valence-electron chi connectivity index (χ1n) is 7.79. The monoisotopic (exact) mass is 472 g/mol. The molecule has 0 aliphatic carbocycles. The van der Waals surface area contributed by atoms with E-state index in [4.69, 9.17) is 4.74 Å². The molecule has 6 heteroatoms. The Kier molecular flexibility index (Phi) is 5.60. The van der Waals surface area contributed by atoms with Crippen LogP contribution in [-0.4, -0.2) is 4.98 Å². The van der Waals surface area contributed by atoms with Gasteiger partial charge in [-0.1, -0.05) is 44.0 Å². The van der Waals surface area contributed by atoms with Crippen LogP contribution < -0.4 is 10.3 Å². The fourth-order valence-electron chi connectivity index (χ4n) is 2.64. The molecule has 0 amide bonds. The van der Waals surface area contributed by atoms with Gasteiger partial charge in [0.1, 0.15) is 24.0 Å². The van der Waals surface area contributed by atoms with Crippen LogP contribution in [0.5, 0.6) is 5.75 Å². The third-order valence-corrected chi connectivity index (χ3v) is 4.78. The lowest BCUT2D eigenvalue weighted by Crippen LogP contribution is -2.13. The molecule has 3 rings (SSSR count). The zero-order chi connectivity index (χ0) is 18.7. The summed E-state index contributed by atoms with van der Waals surface area (Å²) in [6, 6.07) is 17.2. The number of hydrogen-bond donors (Lipinski definition) is 1. The Labute approximate surface area is 167 Å². The second kappa shape index (κ2) is 7.90. The van der Waals surface area contributed by atoms with Crippen molar-refractivity contribution in [3.8, 4) is 22.9 Å². The zero-order valence-corrected chi connectivity index (χ0v) is 17.0. The number of H-pyrrole nitrogens is 1. The van der Waals surface area contributed by atoms with Gasteiger partial charge in [-0.15, -0.1) is 0 Å². The maximum Gasteiger partial charge on any atom is 0.266 e. The Morgan fingerprint density at radius 1 is 1.08 bits per heavy atom. The Morgan fingerprint density at radius 3 is 2.58 bits per heavy atom. The predicted octanol–water partition coefficient (Wildman–Crippen LogP) is 5.33. The highest BCUT2D eigenvalue weighted by Crippen LogP contribution is 2.34.